The van der Waals surface area contributed by atoms with Crippen molar-refractivity contribution >= 4 is 5.97 Å². The van der Waals surface area contributed by atoms with Crippen LogP contribution in [0.3, 0.4) is 0 Å². The maximum absolute atomic E-state index is 10.6. The predicted octanol–water partition coefficient (Wildman–Crippen LogP) is 2.56. The lowest BCUT2D eigenvalue weighted by Crippen LogP contribution is -2.02. The number of benzene rings is 1. The van der Waals surface area contributed by atoms with Crippen molar-refractivity contribution in [3.8, 4) is 11.5 Å². The number of hydrogen-bond donors (Lipinski definition) is 1. The monoisotopic (exact) mass is 236 g/mol. The molecule has 0 spiro atoms. The lowest BCUT2D eigenvalue weighted by Gasteiger charge is -2.13. The third kappa shape index (κ3) is 2.52. The molecular weight excluding hydrogens is 220 g/mol. The average Bonchev–Trinajstić information content (AvgIpc) is 2.71. The van der Waals surface area contributed by atoms with E-state index in [0.29, 0.717) is 12.3 Å². The molecule has 0 fully saturated rings. The van der Waals surface area contributed by atoms with Crippen LogP contribution in [-0.4, -0.2) is 17.9 Å². The Labute approximate surface area is 100 Å². The van der Waals surface area contributed by atoms with E-state index >= 15 is 0 Å². The van der Waals surface area contributed by atoms with Crippen LogP contribution in [0, 0.1) is 0 Å². The molecule has 1 aromatic rings. The van der Waals surface area contributed by atoms with Gasteiger partial charge in [-0.1, -0.05) is 13.8 Å². The Bertz CT molecular complexity index is 437. The van der Waals surface area contributed by atoms with E-state index in [1.807, 2.05) is 12.1 Å². The number of carboxylic acids is 1. The fourth-order valence-electron chi connectivity index (χ4n) is 2.00. The standard InChI is InChI=1S/C13H16O4/c1-8(2)10-6-12-11(16-7-17-12)5-9(10)3-4-13(14)15/h5-6,8H,3-4,7H2,1-2H3,(H,14,15). The minimum absolute atomic E-state index is 0.138. The summed E-state index contributed by atoms with van der Waals surface area (Å²) in [4.78, 5) is 10.6. The second kappa shape index (κ2) is 4.65. The van der Waals surface area contributed by atoms with E-state index in [1.54, 1.807) is 0 Å². The van der Waals surface area contributed by atoms with Gasteiger partial charge < -0.3 is 14.6 Å². The van der Waals surface area contributed by atoms with Crippen molar-refractivity contribution in [3.63, 3.8) is 0 Å². The summed E-state index contributed by atoms with van der Waals surface area (Å²) < 4.78 is 10.6. The van der Waals surface area contributed by atoms with Crippen molar-refractivity contribution in [1.29, 1.82) is 0 Å². The molecule has 0 bridgehead atoms. The highest BCUT2D eigenvalue weighted by Crippen LogP contribution is 2.37. The predicted molar refractivity (Wildman–Crippen MR) is 62.6 cm³/mol. The molecule has 1 aromatic carbocycles. The van der Waals surface area contributed by atoms with Gasteiger partial charge in [0.05, 0.1) is 0 Å². The quantitative estimate of drug-likeness (QED) is 0.872. The van der Waals surface area contributed by atoms with Gasteiger partial charge in [-0.05, 0) is 35.6 Å². The molecule has 1 heterocycles. The zero-order chi connectivity index (χ0) is 12.4. The molecule has 92 valence electrons. The Morgan fingerprint density at radius 3 is 2.59 bits per heavy atom. The number of aliphatic carboxylic acids is 1. The van der Waals surface area contributed by atoms with Crippen LogP contribution in [-0.2, 0) is 11.2 Å². The van der Waals surface area contributed by atoms with Gasteiger partial charge in [0.2, 0.25) is 6.79 Å². The third-order valence-electron chi connectivity index (χ3n) is 2.86. The number of ether oxygens (including phenoxy) is 2. The second-order valence-electron chi connectivity index (χ2n) is 4.45. The number of hydrogen-bond acceptors (Lipinski definition) is 3. The van der Waals surface area contributed by atoms with Crippen LogP contribution in [0.2, 0.25) is 0 Å². The Kier molecular flexibility index (Phi) is 3.22. The first-order chi connectivity index (χ1) is 8.08. The molecule has 4 heteroatoms. The van der Waals surface area contributed by atoms with Crippen molar-refractivity contribution in [2.75, 3.05) is 6.79 Å². The number of fused-ring (bicyclic) bond motifs is 1. The highest BCUT2D eigenvalue weighted by molar-refractivity contribution is 5.67. The van der Waals surface area contributed by atoms with Crippen LogP contribution in [0.4, 0.5) is 0 Å². The van der Waals surface area contributed by atoms with Gasteiger partial charge in [0.15, 0.2) is 11.5 Å². The normalized spacial score (nSPS) is 13.1. The van der Waals surface area contributed by atoms with Crippen LogP contribution in [0.15, 0.2) is 12.1 Å². The molecule has 0 radical (unpaired) electrons. The van der Waals surface area contributed by atoms with Gasteiger partial charge >= 0.3 is 5.97 Å². The largest absolute Gasteiger partial charge is 0.481 e. The van der Waals surface area contributed by atoms with E-state index in [9.17, 15) is 4.79 Å². The number of carboxylic acid groups (broad SMARTS) is 1. The summed E-state index contributed by atoms with van der Waals surface area (Å²) in [6.45, 7) is 4.42. The molecule has 0 saturated carbocycles. The van der Waals surface area contributed by atoms with Gasteiger partial charge in [0, 0.05) is 6.42 Å². The topological polar surface area (TPSA) is 55.8 Å². The Morgan fingerprint density at radius 2 is 2.00 bits per heavy atom. The van der Waals surface area contributed by atoms with Gasteiger partial charge in [-0.3, -0.25) is 4.79 Å². The molecule has 1 aliphatic rings. The van der Waals surface area contributed by atoms with Crippen LogP contribution < -0.4 is 9.47 Å². The maximum atomic E-state index is 10.6. The number of rotatable bonds is 4. The summed E-state index contributed by atoms with van der Waals surface area (Å²) in [6, 6.07) is 3.87. The van der Waals surface area contributed by atoms with Gasteiger partial charge in [0.25, 0.3) is 0 Å². The first-order valence-corrected chi connectivity index (χ1v) is 5.72. The van der Waals surface area contributed by atoms with Crippen LogP contribution in [0.5, 0.6) is 11.5 Å². The van der Waals surface area contributed by atoms with E-state index in [-0.39, 0.29) is 13.2 Å². The summed E-state index contributed by atoms with van der Waals surface area (Å²) in [6.07, 6.45) is 0.666. The molecular formula is C13H16O4. The van der Waals surface area contributed by atoms with Gasteiger partial charge in [0.1, 0.15) is 0 Å². The van der Waals surface area contributed by atoms with E-state index in [4.69, 9.17) is 14.6 Å². The van der Waals surface area contributed by atoms with Gasteiger partial charge in [-0.15, -0.1) is 0 Å². The van der Waals surface area contributed by atoms with Crippen LogP contribution >= 0.6 is 0 Å². The van der Waals surface area contributed by atoms with Crippen molar-refractivity contribution < 1.29 is 19.4 Å². The van der Waals surface area contributed by atoms with E-state index in [2.05, 4.69) is 13.8 Å². The second-order valence-corrected chi connectivity index (χ2v) is 4.45. The molecule has 0 atom stereocenters. The molecule has 0 aromatic heterocycles. The van der Waals surface area contributed by atoms with Crippen molar-refractivity contribution in [1.82, 2.24) is 0 Å². The molecule has 0 amide bonds. The SMILES string of the molecule is CC(C)c1cc2c(cc1CCC(=O)O)OCO2. The van der Waals surface area contributed by atoms with Crippen LogP contribution in [0.25, 0.3) is 0 Å². The Balaban J connectivity index is 2.31. The van der Waals surface area contributed by atoms with E-state index in [0.717, 1.165) is 22.6 Å². The summed E-state index contributed by atoms with van der Waals surface area (Å²) in [5, 5.41) is 8.74. The third-order valence-corrected chi connectivity index (χ3v) is 2.86. The van der Waals surface area contributed by atoms with Gasteiger partial charge in [-0.2, -0.15) is 0 Å². The fourth-order valence-corrected chi connectivity index (χ4v) is 2.00. The Hall–Kier alpha value is -1.71. The molecule has 4 nitrogen and oxygen atoms in total. The summed E-state index contributed by atoms with van der Waals surface area (Å²) in [5.74, 6) is 1.04. The van der Waals surface area contributed by atoms with Crippen LogP contribution in [0.1, 0.15) is 37.3 Å². The first kappa shape index (κ1) is 11.8. The highest BCUT2D eigenvalue weighted by atomic mass is 16.7. The number of aryl methyl sites for hydroxylation is 1. The minimum Gasteiger partial charge on any atom is -0.481 e. The minimum atomic E-state index is -0.780. The fraction of sp³-hybridized carbons (Fsp3) is 0.462. The van der Waals surface area contributed by atoms with Gasteiger partial charge in [-0.25, -0.2) is 0 Å². The molecule has 1 aliphatic heterocycles. The number of carbonyl (C=O) groups is 1. The molecule has 2 rings (SSSR count). The summed E-state index contributed by atoms with van der Waals surface area (Å²) in [5.41, 5.74) is 2.17. The average molecular weight is 236 g/mol. The zero-order valence-electron chi connectivity index (χ0n) is 10.0. The van der Waals surface area contributed by atoms with Crippen molar-refractivity contribution in [2.24, 2.45) is 0 Å². The first-order valence-electron chi connectivity index (χ1n) is 5.72. The molecule has 0 saturated heterocycles. The van der Waals surface area contributed by atoms with Crippen molar-refractivity contribution in [3.05, 3.63) is 23.3 Å². The van der Waals surface area contributed by atoms with E-state index < -0.39 is 5.97 Å². The Morgan fingerprint density at radius 1 is 1.35 bits per heavy atom. The zero-order valence-corrected chi connectivity index (χ0v) is 10.0. The smallest absolute Gasteiger partial charge is 0.303 e. The lowest BCUT2D eigenvalue weighted by molar-refractivity contribution is -0.136. The molecule has 17 heavy (non-hydrogen) atoms. The summed E-state index contributed by atoms with van der Waals surface area (Å²) in [7, 11) is 0. The molecule has 0 aliphatic carbocycles. The lowest BCUT2D eigenvalue weighted by atomic mass is 9.94. The summed E-state index contributed by atoms with van der Waals surface area (Å²) >= 11 is 0. The van der Waals surface area contributed by atoms with Crippen molar-refractivity contribution in [2.45, 2.75) is 32.6 Å². The highest BCUT2D eigenvalue weighted by Gasteiger charge is 2.18. The maximum Gasteiger partial charge on any atom is 0.303 e. The molecule has 1 N–H and O–H groups in total. The van der Waals surface area contributed by atoms with E-state index in [1.165, 1.54) is 0 Å². The molecule has 0 unspecified atom stereocenters.